The zero-order valence-corrected chi connectivity index (χ0v) is 9.11. The fourth-order valence-corrected chi connectivity index (χ4v) is 1.11. The predicted molar refractivity (Wildman–Crippen MR) is 61.2 cm³/mol. The molecule has 0 saturated carbocycles. The minimum atomic E-state index is 0.262. The van der Waals surface area contributed by atoms with E-state index in [1.54, 1.807) is 0 Å². The van der Waals surface area contributed by atoms with Crippen LogP contribution in [0, 0.1) is 0 Å². The van der Waals surface area contributed by atoms with Crippen molar-refractivity contribution in [1.82, 2.24) is 0 Å². The van der Waals surface area contributed by atoms with Crippen molar-refractivity contribution in [2.24, 2.45) is 0 Å². The summed E-state index contributed by atoms with van der Waals surface area (Å²) in [4.78, 5) is 11.4. The normalized spacial score (nSPS) is 8.60. The summed E-state index contributed by atoms with van der Waals surface area (Å²) in [7, 11) is 0. The third kappa shape index (κ3) is 6.49. The van der Waals surface area contributed by atoms with E-state index in [1.807, 2.05) is 30.3 Å². The molecule has 15 heavy (non-hydrogen) atoms. The highest BCUT2D eigenvalue weighted by atomic mass is 16.2. The van der Waals surface area contributed by atoms with Crippen molar-refractivity contribution in [2.45, 2.75) is 26.2 Å². The second-order valence-electron chi connectivity index (χ2n) is 3.06. The number of ketones is 1. The van der Waals surface area contributed by atoms with Gasteiger partial charge in [0.15, 0.2) is 5.78 Å². The number of rotatable bonds is 4. The molecule has 0 bridgehead atoms. The van der Waals surface area contributed by atoms with E-state index in [2.05, 4.69) is 13.5 Å². The van der Waals surface area contributed by atoms with Crippen molar-refractivity contribution >= 4 is 5.78 Å². The summed E-state index contributed by atoms with van der Waals surface area (Å²) in [6, 6.07) is 9.48. The van der Waals surface area contributed by atoms with E-state index in [4.69, 9.17) is 5.11 Å². The number of unbranched alkanes of at least 4 members (excludes halogenated alkanes) is 1. The third-order valence-electron chi connectivity index (χ3n) is 1.85. The van der Waals surface area contributed by atoms with Gasteiger partial charge in [-0.05, 0) is 6.42 Å². The highest BCUT2D eigenvalue weighted by molar-refractivity contribution is 5.95. The van der Waals surface area contributed by atoms with Crippen molar-refractivity contribution in [3.63, 3.8) is 0 Å². The average Bonchev–Trinajstić information content (AvgIpc) is 2.28. The summed E-state index contributed by atoms with van der Waals surface area (Å²) in [6.07, 6.45) is 3.26. The molecule has 0 aliphatic heterocycles. The Kier molecular flexibility index (Phi) is 8.06. The molecule has 0 aromatic heterocycles. The van der Waals surface area contributed by atoms with Crippen LogP contribution in [0.2, 0.25) is 0 Å². The summed E-state index contributed by atoms with van der Waals surface area (Å²) in [5.74, 6) is 0.262. The molecular weight excluding hydrogens is 188 g/mol. The smallest absolute Gasteiger partial charge is 0.162 e. The molecule has 0 spiro atoms. The van der Waals surface area contributed by atoms with Gasteiger partial charge >= 0.3 is 0 Å². The van der Waals surface area contributed by atoms with Crippen molar-refractivity contribution in [2.75, 3.05) is 0 Å². The summed E-state index contributed by atoms with van der Waals surface area (Å²) in [6.45, 7) is 4.90. The predicted octanol–water partition coefficient (Wildman–Crippen LogP) is 3.62. The Morgan fingerprint density at radius 1 is 1.33 bits per heavy atom. The first-order valence-electron chi connectivity index (χ1n) is 5.07. The van der Waals surface area contributed by atoms with E-state index in [0.717, 1.165) is 18.4 Å². The highest BCUT2D eigenvalue weighted by Crippen LogP contribution is 2.05. The molecular formula is C13H17O2. The van der Waals surface area contributed by atoms with E-state index >= 15 is 0 Å². The van der Waals surface area contributed by atoms with Crippen LogP contribution in [-0.4, -0.2) is 5.78 Å². The van der Waals surface area contributed by atoms with Crippen LogP contribution in [0.5, 0.6) is 0 Å². The molecule has 0 saturated heterocycles. The van der Waals surface area contributed by atoms with E-state index in [1.165, 1.54) is 0 Å². The largest absolute Gasteiger partial charge is 0.299 e. The maximum Gasteiger partial charge on any atom is 0.162 e. The standard InChI is InChI=1S/C11H14O.C2H3O/c1-2-3-9-11(12)10-7-5-4-6-8-10;1-2-3/h4-8H,2-3,9H2,1H3;2H,1H2. The van der Waals surface area contributed by atoms with Gasteiger partial charge in [-0.2, -0.15) is 0 Å². The summed E-state index contributed by atoms with van der Waals surface area (Å²) in [5, 5.41) is 8.69. The van der Waals surface area contributed by atoms with Crippen LogP contribution < -0.4 is 0 Å². The lowest BCUT2D eigenvalue weighted by atomic mass is 10.1. The van der Waals surface area contributed by atoms with Crippen molar-refractivity contribution in [3.8, 4) is 0 Å². The van der Waals surface area contributed by atoms with Crippen molar-refractivity contribution in [3.05, 3.63) is 48.7 Å². The first-order chi connectivity index (χ1) is 7.26. The molecule has 0 fully saturated rings. The SMILES string of the molecule is C=C[O].CCCCC(=O)c1ccccc1. The highest BCUT2D eigenvalue weighted by Gasteiger charge is 2.02. The van der Waals surface area contributed by atoms with Gasteiger partial charge in [-0.3, -0.25) is 9.90 Å². The van der Waals surface area contributed by atoms with Crippen LogP contribution in [0.4, 0.5) is 0 Å². The molecule has 81 valence electrons. The maximum absolute atomic E-state index is 11.4. The van der Waals surface area contributed by atoms with Gasteiger partial charge in [0.1, 0.15) is 6.26 Å². The van der Waals surface area contributed by atoms with Gasteiger partial charge in [-0.25, -0.2) is 0 Å². The molecule has 1 aromatic carbocycles. The molecule has 2 heteroatoms. The fraction of sp³-hybridized carbons (Fsp3) is 0.308. The quantitative estimate of drug-likeness (QED) is 0.546. The second kappa shape index (κ2) is 9.00. The van der Waals surface area contributed by atoms with E-state index in [-0.39, 0.29) is 5.78 Å². The zero-order chi connectivity index (χ0) is 11.5. The maximum atomic E-state index is 11.4. The lowest BCUT2D eigenvalue weighted by Crippen LogP contribution is -1.97. The molecule has 0 atom stereocenters. The lowest BCUT2D eigenvalue weighted by Gasteiger charge is -1.97. The molecule has 1 rings (SSSR count). The molecule has 2 nitrogen and oxygen atoms in total. The monoisotopic (exact) mass is 205 g/mol. The number of carbonyl (C=O) groups excluding carboxylic acids is 1. The Hall–Kier alpha value is -1.57. The van der Waals surface area contributed by atoms with Gasteiger partial charge in [0.2, 0.25) is 0 Å². The Morgan fingerprint density at radius 3 is 2.33 bits per heavy atom. The Balaban J connectivity index is 0.000000583. The van der Waals surface area contributed by atoms with Crippen LogP contribution in [0.3, 0.4) is 0 Å². The summed E-state index contributed by atoms with van der Waals surface area (Å²) >= 11 is 0. The summed E-state index contributed by atoms with van der Waals surface area (Å²) < 4.78 is 0. The van der Waals surface area contributed by atoms with Crippen LogP contribution >= 0.6 is 0 Å². The Bertz CT molecular complexity index is 278. The van der Waals surface area contributed by atoms with Crippen LogP contribution in [-0.2, 0) is 5.11 Å². The van der Waals surface area contributed by atoms with Crippen molar-refractivity contribution in [1.29, 1.82) is 0 Å². The lowest BCUT2D eigenvalue weighted by molar-refractivity contribution is 0.0980. The van der Waals surface area contributed by atoms with Gasteiger partial charge in [0.25, 0.3) is 0 Å². The minimum Gasteiger partial charge on any atom is -0.299 e. The van der Waals surface area contributed by atoms with Crippen LogP contribution in [0.1, 0.15) is 36.5 Å². The van der Waals surface area contributed by atoms with E-state index in [9.17, 15) is 4.79 Å². The topological polar surface area (TPSA) is 37.0 Å². The zero-order valence-electron chi connectivity index (χ0n) is 9.11. The number of carbonyl (C=O) groups is 1. The minimum absolute atomic E-state index is 0.262. The van der Waals surface area contributed by atoms with Gasteiger partial charge in [0, 0.05) is 12.0 Å². The third-order valence-corrected chi connectivity index (χ3v) is 1.85. The number of hydrogen-bond acceptors (Lipinski definition) is 1. The van der Waals surface area contributed by atoms with Crippen LogP contribution in [0.15, 0.2) is 43.2 Å². The molecule has 0 heterocycles. The molecule has 0 N–H and O–H groups in total. The molecule has 1 aromatic rings. The van der Waals surface area contributed by atoms with Gasteiger partial charge in [-0.15, -0.1) is 0 Å². The number of Topliss-reactive ketones (excluding diaryl/α,β-unsaturated/α-hetero) is 1. The first kappa shape index (κ1) is 13.4. The van der Waals surface area contributed by atoms with Gasteiger partial charge in [-0.1, -0.05) is 50.3 Å². The van der Waals surface area contributed by atoms with Gasteiger partial charge < -0.3 is 0 Å². The average molecular weight is 205 g/mol. The van der Waals surface area contributed by atoms with Gasteiger partial charge in [0.05, 0.1) is 0 Å². The number of hydrogen-bond donors (Lipinski definition) is 0. The second-order valence-corrected chi connectivity index (χ2v) is 3.06. The van der Waals surface area contributed by atoms with Crippen LogP contribution in [0.25, 0.3) is 0 Å². The van der Waals surface area contributed by atoms with E-state index in [0.29, 0.717) is 12.7 Å². The fourth-order valence-electron chi connectivity index (χ4n) is 1.11. The molecule has 1 radical (unpaired) electrons. The Labute approximate surface area is 91.3 Å². The molecule has 0 aliphatic rings. The summed E-state index contributed by atoms with van der Waals surface area (Å²) in [5.41, 5.74) is 0.839. The van der Waals surface area contributed by atoms with E-state index < -0.39 is 0 Å². The molecule has 0 aliphatic carbocycles. The van der Waals surface area contributed by atoms with Crippen molar-refractivity contribution < 1.29 is 9.90 Å². The Morgan fingerprint density at radius 2 is 1.87 bits per heavy atom. The number of benzene rings is 1. The first-order valence-corrected chi connectivity index (χ1v) is 5.07. The molecule has 0 amide bonds. The molecule has 0 unspecified atom stereocenters.